The van der Waals surface area contributed by atoms with Gasteiger partial charge in [-0.2, -0.15) is 0 Å². The molecule has 0 spiro atoms. The van der Waals surface area contributed by atoms with Crippen LogP contribution in [0.3, 0.4) is 0 Å². The van der Waals surface area contributed by atoms with Gasteiger partial charge in [-0.25, -0.2) is 9.97 Å². The number of aliphatic hydroxyl groups excluding tert-OH is 1. The fourth-order valence-electron chi connectivity index (χ4n) is 2.41. The molecule has 0 bridgehead atoms. The monoisotopic (exact) mass is 361 g/mol. The van der Waals surface area contributed by atoms with E-state index >= 15 is 0 Å². The topological polar surface area (TPSA) is 88.7 Å². The van der Waals surface area contributed by atoms with Crippen molar-refractivity contribution in [1.29, 1.82) is 0 Å². The summed E-state index contributed by atoms with van der Waals surface area (Å²) in [4.78, 5) is 22.1. The van der Waals surface area contributed by atoms with Crippen molar-refractivity contribution in [3.05, 3.63) is 41.1 Å². The Morgan fingerprint density at radius 2 is 2.24 bits per heavy atom. The van der Waals surface area contributed by atoms with E-state index in [2.05, 4.69) is 9.97 Å². The van der Waals surface area contributed by atoms with Gasteiger partial charge in [-0.1, -0.05) is 0 Å². The zero-order valence-corrected chi connectivity index (χ0v) is 15.0. The lowest BCUT2D eigenvalue weighted by Gasteiger charge is -2.16. The molecule has 0 saturated heterocycles. The van der Waals surface area contributed by atoms with E-state index in [9.17, 15) is 9.90 Å². The molecule has 25 heavy (non-hydrogen) atoms. The summed E-state index contributed by atoms with van der Waals surface area (Å²) in [5.41, 5.74) is 1.08. The maximum atomic E-state index is 12.2. The Labute approximate surface area is 148 Å². The summed E-state index contributed by atoms with van der Waals surface area (Å²) in [6.07, 6.45) is 0.694. The zero-order chi connectivity index (χ0) is 18.0. The molecule has 0 saturated carbocycles. The molecule has 1 unspecified atom stereocenters. The van der Waals surface area contributed by atoms with E-state index in [4.69, 9.17) is 9.15 Å². The number of rotatable bonds is 6. The lowest BCUT2D eigenvalue weighted by Crippen LogP contribution is -2.33. The number of aryl methyl sites for hydroxylation is 1. The van der Waals surface area contributed by atoms with Gasteiger partial charge in [0.2, 0.25) is 5.89 Å². The van der Waals surface area contributed by atoms with Gasteiger partial charge >= 0.3 is 0 Å². The van der Waals surface area contributed by atoms with Gasteiger partial charge < -0.3 is 19.2 Å². The van der Waals surface area contributed by atoms with Crippen LogP contribution in [0, 0.1) is 6.92 Å². The third kappa shape index (κ3) is 4.15. The summed E-state index contributed by atoms with van der Waals surface area (Å²) in [6, 6.07) is 5.69. The SMILES string of the molecule is Cc1nc2cc(OCc3nc(C(=O)N(C)CC(C)O)co3)ccc2s1. The normalized spacial score (nSPS) is 12.3. The third-order valence-corrected chi connectivity index (χ3v) is 4.44. The van der Waals surface area contributed by atoms with Gasteiger partial charge in [0.15, 0.2) is 12.3 Å². The number of oxazole rings is 1. The van der Waals surface area contributed by atoms with Crippen LogP contribution in [-0.4, -0.2) is 45.6 Å². The summed E-state index contributed by atoms with van der Waals surface area (Å²) in [5, 5.41) is 10.4. The summed E-state index contributed by atoms with van der Waals surface area (Å²) in [6.45, 7) is 3.92. The van der Waals surface area contributed by atoms with Crippen molar-refractivity contribution in [2.45, 2.75) is 26.6 Å². The minimum absolute atomic E-state index is 0.113. The van der Waals surface area contributed by atoms with Crippen LogP contribution in [0.2, 0.25) is 0 Å². The van der Waals surface area contributed by atoms with Crippen molar-refractivity contribution in [3.63, 3.8) is 0 Å². The Balaban J connectivity index is 1.63. The van der Waals surface area contributed by atoms with Gasteiger partial charge in [-0.05, 0) is 26.0 Å². The van der Waals surface area contributed by atoms with E-state index in [0.29, 0.717) is 11.6 Å². The third-order valence-electron chi connectivity index (χ3n) is 3.48. The Morgan fingerprint density at radius 1 is 1.44 bits per heavy atom. The summed E-state index contributed by atoms with van der Waals surface area (Å²) in [7, 11) is 1.60. The largest absolute Gasteiger partial charge is 0.484 e. The van der Waals surface area contributed by atoms with E-state index in [-0.39, 0.29) is 24.8 Å². The molecule has 1 N–H and O–H groups in total. The number of thiazole rings is 1. The molecule has 0 aliphatic rings. The Kier molecular flexibility index (Phi) is 5.00. The molecule has 8 heteroatoms. The molecule has 1 amide bonds. The molecule has 0 aliphatic heterocycles. The lowest BCUT2D eigenvalue weighted by molar-refractivity contribution is 0.0698. The molecule has 2 aromatic heterocycles. The van der Waals surface area contributed by atoms with Crippen LogP contribution in [-0.2, 0) is 6.61 Å². The van der Waals surface area contributed by atoms with Gasteiger partial charge in [0, 0.05) is 19.7 Å². The first-order chi connectivity index (χ1) is 11.9. The fourth-order valence-corrected chi connectivity index (χ4v) is 3.21. The predicted octanol–water partition coefficient (Wildman–Crippen LogP) is 2.62. The van der Waals surface area contributed by atoms with Crippen molar-refractivity contribution >= 4 is 27.5 Å². The van der Waals surface area contributed by atoms with Crippen molar-refractivity contribution in [2.24, 2.45) is 0 Å². The second-order valence-corrected chi connectivity index (χ2v) is 7.05. The van der Waals surface area contributed by atoms with E-state index in [1.165, 1.54) is 11.2 Å². The Hall–Kier alpha value is -2.45. The molecule has 0 aliphatic carbocycles. The quantitative estimate of drug-likeness (QED) is 0.726. The molecule has 132 valence electrons. The predicted molar refractivity (Wildman–Crippen MR) is 93.8 cm³/mol. The molecule has 2 heterocycles. The maximum Gasteiger partial charge on any atom is 0.275 e. The number of hydrogen-bond donors (Lipinski definition) is 1. The van der Waals surface area contributed by atoms with E-state index in [0.717, 1.165) is 15.2 Å². The molecular weight excluding hydrogens is 342 g/mol. The molecule has 1 atom stereocenters. The van der Waals surface area contributed by atoms with Crippen LogP contribution in [0.5, 0.6) is 5.75 Å². The van der Waals surface area contributed by atoms with Gasteiger partial charge in [-0.3, -0.25) is 4.79 Å². The highest BCUT2D eigenvalue weighted by Gasteiger charge is 2.18. The molecule has 0 radical (unpaired) electrons. The number of carbonyl (C=O) groups excluding carboxylic acids is 1. The van der Waals surface area contributed by atoms with Gasteiger partial charge in [-0.15, -0.1) is 11.3 Å². The minimum atomic E-state index is -0.604. The number of hydrogen-bond acceptors (Lipinski definition) is 7. The van der Waals surface area contributed by atoms with Crippen molar-refractivity contribution in [1.82, 2.24) is 14.9 Å². The van der Waals surface area contributed by atoms with Crippen LogP contribution in [0.25, 0.3) is 10.2 Å². The molecular formula is C17H19N3O4S. The molecule has 3 aromatic rings. The van der Waals surface area contributed by atoms with Gasteiger partial charge in [0.1, 0.15) is 12.0 Å². The van der Waals surface area contributed by atoms with Crippen LogP contribution in [0.4, 0.5) is 0 Å². The number of benzene rings is 1. The highest BCUT2D eigenvalue weighted by molar-refractivity contribution is 7.18. The van der Waals surface area contributed by atoms with E-state index in [1.54, 1.807) is 25.3 Å². The summed E-state index contributed by atoms with van der Waals surface area (Å²) in [5.74, 6) is 0.661. The van der Waals surface area contributed by atoms with Gasteiger partial charge in [0.05, 0.1) is 21.3 Å². The number of ether oxygens (including phenoxy) is 1. The second kappa shape index (κ2) is 7.20. The molecule has 7 nitrogen and oxygen atoms in total. The standard InChI is InChI=1S/C17H19N3O4S/c1-10(21)7-20(3)17(22)14-8-24-16(19-14)9-23-12-4-5-15-13(6-12)18-11(2)25-15/h4-6,8,10,21H,7,9H2,1-3H3. The molecule has 1 aromatic carbocycles. The highest BCUT2D eigenvalue weighted by Crippen LogP contribution is 2.26. The number of fused-ring (bicyclic) bond motifs is 1. The van der Waals surface area contributed by atoms with Crippen molar-refractivity contribution < 1.29 is 19.1 Å². The molecule has 0 fully saturated rings. The average Bonchev–Trinajstić information content (AvgIpc) is 3.16. The zero-order valence-electron chi connectivity index (χ0n) is 14.2. The van der Waals surface area contributed by atoms with Crippen LogP contribution >= 0.6 is 11.3 Å². The Morgan fingerprint density at radius 3 is 3.00 bits per heavy atom. The van der Waals surface area contributed by atoms with Crippen LogP contribution < -0.4 is 4.74 Å². The van der Waals surface area contributed by atoms with Crippen LogP contribution in [0.1, 0.15) is 28.3 Å². The minimum Gasteiger partial charge on any atom is -0.484 e. The number of aliphatic hydroxyl groups is 1. The van der Waals surface area contributed by atoms with Crippen molar-refractivity contribution in [2.75, 3.05) is 13.6 Å². The second-order valence-electron chi connectivity index (χ2n) is 5.81. The summed E-state index contributed by atoms with van der Waals surface area (Å²) >= 11 is 1.63. The Bertz CT molecular complexity index is 887. The summed E-state index contributed by atoms with van der Waals surface area (Å²) < 4.78 is 12.1. The van der Waals surface area contributed by atoms with E-state index in [1.807, 2.05) is 25.1 Å². The number of nitrogens with zero attached hydrogens (tertiary/aromatic N) is 3. The molecule has 3 rings (SSSR count). The first kappa shape index (κ1) is 17.4. The van der Waals surface area contributed by atoms with Gasteiger partial charge in [0.25, 0.3) is 5.91 Å². The first-order valence-electron chi connectivity index (χ1n) is 7.80. The number of aromatic nitrogens is 2. The number of carbonyl (C=O) groups is 1. The van der Waals surface area contributed by atoms with Crippen molar-refractivity contribution in [3.8, 4) is 5.75 Å². The average molecular weight is 361 g/mol. The number of likely N-dealkylation sites (N-methyl/N-ethyl adjacent to an activating group) is 1. The smallest absolute Gasteiger partial charge is 0.275 e. The lowest BCUT2D eigenvalue weighted by atomic mass is 10.3. The highest BCUT2D eigenvalue weighted by atomic mass is 32.1. The van der Waals surface area contributed by atoms with Crippen LogP contribution in [0.15, 0.2) is 28.9 Å². The fraction of sp³-hybridized carbons (Fsp3) is 0.353. The maximum absolute atomic E-state index is 12.2. The first-order valence-corrected chi connectivity index (χ1v) is 8.62. The van der Waals surface area contributed by atoms with E-state index < -0.39 is 6.10 Å². The number of amides is 1.